The van der Waals surface area contributed by atoms with E-state index in [0.717, 1.165) is 54.8 Å². The van der Waals surface area contributed by atoms with E-state index in [2.05, 4.69) is 34.6 Å². The van der Waals surface area contributed by atoms with Gasteiger partial charge in [-0.3, -0.25) is 4.79 Å². The van der Waals surface area contributed by atoms with Crippen LogP contribution in [-0.2, 0) is 4.79 Å². The summed E-state index contributed by atoms with van der Waals surface area (Å²) in [5.74, 6) is 6.63. The maximum atomic E-state index is 12.9. The van der Waals surface area contributed by atoms with Crippen molar-refractivity contribution in [2.24, 2.45) is 58.2 Å². The minimum Gasteiger partial charge on any atom is -0.299 e. The molecule has 9 atom stereocenters. The van der Waals surface area contributed by atoms with Gasteiger partial charge in [-0.05, 0) is 104 Å². The highest BCUT2D eigenvalue weighted by Crippen LogP contribution is 2.68. The summed E-state index contributed by atoms with van der Waals surface area (Å²) in [6, 6.07) is 0. The van der Waals surface area contributed by atoms with Crippen LogP contribution in [0.1, 0.15) is 112 Å². The third-order valence-corrected chi connectivity index (χ3v) is 11.6. The van der Waals surface area contributed by atoms with Gasteiger partial charge in [0.25, 0.3) is 0 Å². The van der Waals surface area contributed by atoms with E-state index in [9.17, 15) is 4.79 Å². The lowest BCUT2D eigenvalue weighted by Crippen LogP contribution is -2.56. The first-order valence-electron chi connectivity index (χ1n) is 14.0. The molecule has 0 radical (unpaired) electrons. The van der Waals surface area contributed by atoms with Gasteiger partial charge in [0.15, 0.2) is 0 Å². The Morgan fingerprint density at radius 3 is 2.38 bits per heavy atom. The summed E-state index contributed by atoms with van der Waals surface area (Å²) in [6.07, 6.45) is 17.5. The number of rotatable bonds is 7. The zero-order valence-electron chi connectivity index (χ0n) is 21.5. The Morgan fingerprint density at radius 2 is 1.66 bits per heavy atom. The number of halogens is 1. The molecule has 0 aromatic heterocycles. The number of fused-ring (bicyclic) bond motifs is 5. The highest BCUT2D eigenvalue weighted by molar-refractivity contribution is 6.25. The van der Waals surface area contributed by atoms with Gasteiger partial charge in [0.2, 0.25) is 0 Å². The molecule has 4 saturated carbocycles. The molecular formula is C30H49ClO. The number of Topliss-reactive ketones (excluding diaryl/α,β-unsaturated/α-hetero) is 1. The van der Waals surface area contributed by atoms with Crippen molar-refractivity contribution in [3.63, 3.8) is 0 Å². The van der Waals surface area contributed by atoms with Crippen LogP contribution in [0.5, 0.6) is 0 Å². The van der Waals surface area contributed by atoms with Crippen molar-refractivity contribution in [2.75, 3.05) is 0 Å². The summed E-state index contributed by atoms with van der Waals surface area (Å²) in [5.41, 5.74) is 2.55. The number of allylic oxidation sites excluding steroid dienone is 1. The number of carbonyl (C=O) groups is 1. The molecular weight excluding hydrogens is 412 g/mol. The largest absolute Gasteiger partial charge is 0.299 e. The molecule has 4 aliphatic rings. The molecule has 182 valence electrons. The second-order valence-corrected chi connectivity index (χ2v) is 13.5. The first-order chi connectivity index (χ1) is 15.2. The third kappa shape index (κ3) is 4.27. The summed E-state index contributed by atoms with van der Waals surface area (Å²) in [5, 5.41) is 0. The Labute approximate surface area is 203 Å². The normalized spacial score (nSPS) is 45.0. The Bertz CT molecular complexity index is 697. The Morgan fingerprint density at radius 1 is 0.938 bits per heavy atom. The summed E-state index contributed by atoms with van der Waals surface area (Å²) >= 11 is 5.86. The number of hydrogen-bond acceptors (Lipinski definition) is 1. The predicted molar refractivity (Wildman–Crippen MR) is 137 cm³/mol. The molecule has 0 aromatic rings. The van der Waals surface area contributed by atoms with Gasteiger partial charge in [-0.25, -0.2) is 0 Å². The molecule has 4 rings (SSSR count). The van der Waals surface area contributed by atoms with Gasteiger partial charge < -0.3 is 0 Å². The van der Waals surface area contributed by atoms with Crippen molar-refractivity contribution in [1.29, 1.82) is 0 Å². The van der Waals surface area contributed by atoms with Crippen LogP contribution in [-0.4, -0.2) is 5.78 Å². The Hall–Kier alpha value is -0.300. The molecule has 0 aliphatic heterocycles. The molecule has 4 aliphatic carbocycles. The van der Waals surface area contributed by atoms with Crippen LogP contribution in [0.15, 0.2) is 11.6 Å². The minimum absolute atomic E-state index is 0.218. The molecule has 0 amide bonds. The van der Waals surface area contributed by atoms with E-state index < -0.39 is 0 Å². The van der Waals surface area contributed by atoms with Gasteiger partial charge in [0.05, 0.1) is 0 Å². The topological polar surface area (TPSA) is 17.1 Å². The van der Waals surface area contributed by atoms with Crippen molar-refractivity contribution < 1.29 is 4.79 Å². The molecule has 0 unspecified atom stereocenters. The van der Waals surface area contributed by atoms with Crippen LogP contribution >= 0.6 is 11.6 Å². The van der Waals surface area contributed by atoms with Gasteiger partial charge in [0.1, 0.15) is 5.78 Å². The molecule has 0 heterocycles. The van der Waals surface area contributed by atoms with Crippen LogP contribution in [0.2, 0.25) is 0 Å². The van der Waals surface area contributed by atoms with Crippen LogP contribution in [0.4, 0.5) is 0 Å². The van der Waals surface area contributed by atoms with Crippen LogP contribution in [0, 0.1) is 58.2 Å². The number of hydrogen-bond donors (Lipinski definition) is 0. The fourth-order valence-electron chi connectivity index (χ4n) is 9.84. The summed E-state index contributed by atoms with van der Waals surface area (Å²) in [6.45, 7) is 12.6. The van der Waals surface area contributed by atoms with Crippen molar-refractivity contribution in [3.05, 3.63) is 11.6 Å². The Kier molecular flexibility index (Phi) is 7.56. The van der Waals surface area contributed by atoms with E-state index in [1.807, 2.05) is 6.08 Å². The van der Waals surface area contributed by atoms with E-state index in [1.54, 1.807) is 5.54 Å². The Balaban J connectivity index is 1.49. The SMILES string of the molecule is CC(C)CCC[C@@H](C)[C@H]1CC[C@H]2[C@@H]3CC[C@H]4[C@H](C/C=C\Cl)C(=O)CC[C@]4(C)[C@H]3CC[C@]12C. The van der Waals surface area contributed by atoms with Gasteiger partial charge in [0, 0.05) is 17.9 Å². The molecule has 2 heteroatoms. The first kappa shape index (κ1) is 24.8. The number of carbonyl (C=O) groups excluding carboxylic acids is 1. The fraction of sp³-hybridized carbons (Fsp3) is 0.900. The van der Waals surface area contributed by atoms with Crippen molar-refractivity contribution in [2.45, 2.75) is 112 Å². The lowest BCUT2D eigenvalue weighted by molar-refractivity contribution is -0.152. The van der Waals surface area contributed by atoms with E-state index >= 15 is 0 Å². The second kappa shape index (κ2) is 9.75. The van der Waals surface area contributed by atoms with E-state index in [1.165, 1.54) is 57.8 Å². The molecule has 32 heavy (non-hydrogen) atoms. The monoisotopic (exact) mass is 460 g/mol. The van der Waals surface area contributed by atoms with E-state index in [4.69, 9.17) is 11.6 Å². The van der Waals surface area contributed by atoms with E-state index in [0.29, 0.717) is 22.5 Å². The maximum absolute atomic E-state index is 12.9. The van der Waals surface area contributed by atoms with Crippen LogP contribution in [0.25, 0.3) is 0 Å². The van der Waals surface area contributed by atoms with Gasteiger partial charge >= 0.3 is 0 Å². The fourth-order valence-corrected chi connectivity index (χ4v) is 9.94. The van der Waals surface area contributed by atoms with Gasteiger partial charge in [-0.2, -0.15) is 0 Å². The minimum atomic E-state index is 0.218. The summed E-state index contributed by atoms with van der Waals surface area (Å²) < 4.78 is 0. The second-order valence-electron chi connectivity index (χ2n) is 13.3. The van der Waals surface area contributed by atoms with E-state index in [-0.39, 0.29) is 5.92 Å². The average Bonchev–Trinajstić information content (AvgIpc) is 3.10. The van der Waals surface area contributed by atoms with Crippen molar-refractivity contribution >= 4 is 17.4 Å². The molecule has 1 nitrogen and oxygen atoms in total. The zero-order chi connectivity index (χ0) is 23.1. The van der Waals surface area contributed by atoms with Crippen LogP contribution < -0.4 is 0 Å². The van der Waals surface area contributed by atoms with Gasteiger partial charge in [-0.15, -0.1) is 0 Å². The molecule has 4 fully saturated rings. The predicted octanol–water partition coefficient (Wildman–Crippen LogP) is 9.05. The summed E-state index contributed by atoms with van der Waals surface area (Å²) in [4.78, 5) is 12.9. The van der Waals surface area contributed by atoms with Crippen LogP contribution in [0.3, 0.4) is 0 Å². The smallest absolute Gasteiger partial charge is 0.136 e. The van der Waals surface area contributed by atoms with Crippen molar-refractivity contribution in [1.82, 2.24) is 0 Å². The quantitative estimate of drug-likeness (QED) is 0.370. The van der Waals surface area contributed by atoms with Crippen molar-refractivity contribution in [3.8, 4) is 0 Å². The molecule has 0 saturated heterocycles. The van der Waals surface area contributed by atoms with Gasteiger partial charge in [-0.1, -0.05) is 71.6 Å². The third-order valence-electron chi connectivity index (χ3n) is 11.4. The molecule has 0 aromatic carbocycles. The maximum Gasteiger partial charge on any atom is 0.136 e. The number of ketones is 1. The highest BCUT2D eigenvalue weighted by atomic mass is 35.5. The summed E-state index contributed by atoms with van der Waals surface area (Å²) in [7, 11) is 0. The zero-order valence-corrected chi connectivity index (χ0v) is 22.3. The molecule has 0 bridgehead atoms. The first-order valence-corrected chi connectivity index (χ1v) is 14.4. The lowest BCUT2D eigenvalue weighted by Gasteiger charge is -2.62. The highest BCUT2D eigenvalue weighted by Gasteiger charge is 2.61. The lowest BCUT2D eigenvalue weighted by atomic mass is 9.43. The molecule has 0 N–H and O–H groups in total. The average molecular weight is 461 g/mol. The standard InChI is InChI=1S/C30H49ClO/c1-20(2)8-6-9-21(3)24-13-14-25-22-11-12-26-23(10-7-19-31)28(32)16-18-30(26,5)27(22)15-17-29(24,25)4/h7,19-27H,6,8-18H2,1-5H3/b19-7-/t21-,22+,23+,24-,25+,26+,27+,29-,30+/m1/s1. The molecule has 0 spiro atoms.